The van der Waals surface area contributed by atoms with Gasteiger partial charge in [-0.15, -0.1) is 11.8 Å². The van der Waals surface area contributed by atoms with Crippen molar-refractivity contribution in [1.29, 1.82) is 0 Å². The van der Waals surface area contributed by atoms with Gasteiger partial charge in [0.25, 0.3) is 0 Å². The predicted octanol–water partition coefficient (Wildman–Crippen LogP) is 3.18. The van der Waals surface area contributed by atoms with E-state index in [4.69, 9.17) is 9.84 Å². The van der Waals surface area contributed by atoms with Crippen molar-refractivity contribution in [3.63, 3.8) is 0 Å². The van der Waals surface area contributed by atoms with Crippen molar-refractivity contribution in [3.8, 4) is 5.75 Å². The fourth-order valence-corrected chi connectivity index (χ4v) is 2.67. The van der Waals surface area contributed by atoms with Crippen molar-refractivity contribution in [1.82, 2.24) is 0 Å². The summed E-state index contributed by atoms with van der Waals surface area (Å²) in [6.07, 6.45) is 1.68. The first-order valence-corrected chi connectivity index (χ1v) is 6.53. The average molecular weight is 252 g/mol. The van der Waals surface area contributed by atoms with Gasteiger partial charge in [-0.1, -0.05) is 0 Å². The zero-order valence-electron chi connectivity index (χ0n) is 9.97. The summed E-state index contributed by atoms with van der Waals surface area (Å²) in [6, 6.07) is 7.62. The fourth-order valence-electron chi connectivity index (χ4n) is 1.56. The number of carboxylic acids is 1. The van der Waals surface area contributed by atoms with Crippen LogP contribution in [-0.2, 0) is 4.79 Å². The van der Waals surface area contributed by atoms with Gasteiger partial charge in [0, 0.05) is 4.90 Å². The van der Waals surface area contributed by atoms with Crippen LogP contribution in [0.4, 0.5) is 0 Å². The van der Waals surface area contributed by atoms with Crippen LogP contribution >= 0.6 is 11.8 Å². The summed E-state index contributed by atoms with van der Waals surface area (Å²) in [4.78, 5) is 12.0. The fraction of sp³-hybridized carbons (Fsp3) is 0.462. The van der Waals surface area contributed by atoms with Gasteiger partial charge in [0.2, 0.25) is 0 Å². The molecule has 0 heterocycles. The summed E-state index contributed by atoms with van der Waals surface area (Å²) < 4.78 is 4.97. The molecule has 92 valence electrons. The third kappa shape index (κ3) is 2.94. The molecular weight excluding hydrogens is 236 g/mol. The highest BCUT2D eigenvalue weighted by Crippen LogP contribution is 2.51. The summed E-state index contributed by atoms with van der Waals surface area (Å²) in [7, 11) is 0. The Labute approximate surface area is 105 Å². The highest BCUT2D eigenvalue weighted by atomic mass is 32.2. The zero-order valence-corrected chi connectivity index (χ0v) is 10.8. The van der Waals surface area contributed by atoms with Gasteiger partial charge < -0.3 is 9.84 Å². The molecule has 4 heteroatoms. The summed E-state index contributed by atoms with van der Waals surface area (Å²) >= 11 is 1.44. The molecule has 0 spiro atoms. The first-order valence-electron chi connectivity index (χ1n) is 5.71. The van der Waals surface area contributed by atoms with Crippen molar-refractivity contribution in [2.45, 2.75) is 42.4 Å². The summed E-state index contributed by atoms with van der Waals surface area (Å²) in [5.41, 5.74) is 0. The summed E-state index contributed by atoms with van der Waals surface area (Å²) in [6.45, 7) is 3.96. The second-order valence-corrected chi connectivity index (χ2v) is 6.00. The molecule has 0 saturated heterocycles. The van der Waals surface area contributed by atoms with Gasteiger partial charge in [0.15, 0.2) is 0 Å². The van der Waals surface area contributed by atoms with Crippen molar-refractivity contribution >= 4 is 17.7 Å². The van der Waals surface area contributed by atoms with Crippen LogP contribution < -0.4 is 4.74 Å². The third-order valence-corrected chi connectivity index (χ3v) is 4.08. The summed E-state index contributed by atoms with van der Waals surface area (Å²) in [5, 5.41) is 9.09. The molecule has 1 aliphatic carbocycles. The highest BCUT2D eigenvalue weighted by molar-refractivity contribution is 8.01. The van der Waals surface area contributed by atoms with Gasteiger partial charge in [-0.25, -0.2) is 0 Å². The van der Waals surface area contributed by atoms with Crippen LogP contribution in [0.2, 0.25) is 0 Å². The molecule has 3 nitrogen and oxygen atoms in total. The number of thioether (sulfide) groups is 1. The molecule has 0 radical (unpaired) electrons. The lowest BCUT2D eigenvalue weighted by Crippen LogP contribution is -2.17. The standard InChI is InChI=1S/C13H16O3S/c1-9(2)16-10-3-5-11(6-4-10)17-13(7-8-13)12(14)15/h3-6,9H,7-8H2,1-2H3,(H,14,15). The van der Waals surface area contributed by atoms with E-state index in [0.29, 0.717) is 0 Å². The van der Waals surface area contributed by atoms with E-state index in [2.05, 4.69) is 0 Å². The minimum atomic E-state index is -0.704. The van der Waals surface area contributed by atoms with Crippen LogP contribution in [0.1, 0.15) is 26.7 Å². The maximum absolute atomic E-state index is 11.1. The largest absolute Gasteiger partial charge is 0.491 e. The minimum Gasteiger partial charge on any atom is -0.491 e. The monoisotopic (exact) mass is 252 g/mol. The Hall–Kier alpha value is -1.16. The number of hydrogen-bond acceptors (Lipinski definition) is 3. The Bertz CT molecular complexity index is 407. The van der Waals surface area contributed by atoms with Crippen molar-refractivity contribution in [2.24, 2.45) is 0 Å². The van der Waals surface area contributed by atoms with Crippen LogP contribution in [0, 0.1) is 0 Å². The van der Waals surface area contributed by atoms with Gasteiger partial charge in [-0.2, -0.15) is 0 Å². The first-order chi connectivity index (χ1) is 8.02. The Morgan fingerprint density at radius 2 is 1.94 bits per heavy atom. The zero-order chi connectivity index (χ0) is 12.5. The molecule has 0 bridgehead atoms. The van der Waals surface area contributed by atoms with Crippen molar-refractivity contribution < 1.29 is 14.6 Å². The number of rotatable bonds is 5. The van der Waals surface area contributed by atoms with E-state index >= 15 is 0 Å². The SMILES string of the molecule is CC(C)Oc1ccc(SC2(C(=O)O)CC2)cc1. The number of aliphatic carboxylic acids is 1. The lowest BCUT2D eigenvalue weighted by atomic mass is 10.3. The van der Waals surface area contributed by atoms with Gasteiger partial charge in [-0.05, 0) is 51.0 Å². The molecule has 1 aromatic rings. The van der Waals surface area contributed by atoms with Gasteiger partial charge >= 0.3 is 5.97 Å². The van der Waals surface area contributed by atoms with Gasteiger partial charge in [0.05, 0.1) is 6.10 Å². The predicted molar refractivity (Wildman–Crippen MR) is 67.7 cm³/mol. The van der Waals surface area contributed by atoms with Gasteiger partial charge in [-0.3, -0.25) is 4.79 Å². The second-order valence-electron chi connectivity index (χ2n) is 4.54. The van der Waals surface area contributed by atoms with E-state index in [0.717, 1.165) is 23.5 Å². The molecule has 1 N–H and O–H groups in total. The molecule has 0 atom stereocenters. The number of hydrogen-bond donors (Lipinski definition) is 1. The maximum atomic E-state index is 11.1. The van der Waals surface area contributed by atoms with E-state index in [9.17, 15) is 4.79 Å². The van der Waals surface area contributed by atoms with Crippen LogP contribution in [0.15, 0.2) is 29.2 Å². The van der Waals surface area contributed by atoms with E-state index in [1.165, 1.54) is 11.8 Å². The molecule has 0 amide bonds. The molecule has 1 aliphatic rings. The smallest absolute Gasteiger partial charge is 0.320 e. The van der Waals surface area contributed by atoms with Crippen LogP contribution in [-0.4, -0.2) is 21.9 Å². The number of carbonyl (C=O) groups is 1. The number of benzene rings is 1. The Balaban J connectivity index is 2.01. The van der Waals surface area contributed by atoms with E-state index in [-0.39, 0.29) is 6.10 Å². The lowest BCUT2D eigenvalue weighted by molar-refractivity contribution is -0.137. The molecule has 1 saturated carbocycles. The topological polar surface area (TPSA) is 46.5 Å². The van der Waals surface area contributed by atoms with Crippen LogP contribution in [0.25, 0.3) is 0 Å². The average Bonchev–Trinajstić information content (AvgIpc) is 3.01. The molecule has 17 heavy (non-hydrogen) atoms. The highest BCUT2D eigenvalue weighted by Gasteiger charge is 2.51. The molecule has 1 fully saturated rings. The quantitative estimate of drug-likeness (QED) is 0.874. The second kappa shape index (κ2) is 4.61. The maximum Gasteiger partial charge on any atom is 0.320 e. The Morgan fingerprint density at radius 3 is 2.35 bits per heavy atom. The Morgan fingerprint density at radius 1 is 1.35 bits per heavy atom. The normalized spacial score (nSPS) is 16.9. The van der Waals surface area contributed by atoms with Gasteiger partial charge in [0.1, 0.15) is 10.5 Å². The van der Waals surface area contributed by atoms with E-state index < -0.39 is 10.7 Å². The molecular formula is C13H16O3S. The van der Waals surface area contributed by atoms with E-state index in [1.807, 2.05) is 38.1 Å². The molecule has 2 rings (SSSR count). The molecule has 1 aromatic carbocycles. The number of carboxylic acid groups (broad SMARTS) is 1. The summed E-state index contributed by atoms with van der Waals surface area (Å²) in [5.74, 6) is 0.120. The third-order valence-electron chi connectivity index (χ3n) is 2.60. The Kier molecular flexibility index (Phi) is 3.33. The molecule has 0 aliphatic heterocycles. The first kappa shape index (κ1) is 12.3. The molecule has 0 aromatic heterocycles. The number of ether oxygens (including phenoxy) is 1. The molecule has 0 unspecified atom stereocenters. The lowest BCUT2D eigenvalue weighted by Gasteiger charge is -2.12. The van der Waals surface area contributed by atoms with Crippen molar-refractivity contribution in [3.05, 3.63) is 24.3 Å². The van der Waals surface area contributed by atoms with E-state index in [1.54, 1.807) is 0 Å². The van der Waals surface area contributed by atoms with Crippen LogP contribution in [0.5, 0.6) is 5.75 Å². The van der Waals surface area contributed by atoms with Crippen LogP contribution in [0.3, 0.4) is 0 Å². The van der Waals surface area contributed by atoms with Crippen molar-refractivity contribution in [2.75, 3.05) is 0 Å². The minimum absolute atomic E-state index is 0.155.